The molecule has 1 heterocycles. The molecule has 0 radical (unpaired) electrons. The van der Waals surface area contributed by atoms with Gasteiger partial charge in [-0.2, -0.15) is 0 Å². The molecule has 4 fully saturated rings. The Hall–Kier alpha value is 0.520. The highest BCUT2D eigenvalue weighted by Crippen LogP contribution is 2.80. The van der Waals surface area contributed by atoms with Crippen LogP contribution in [-0.2, 0) is 9.47 Å². The Morgan fingerprint density at radius 1 is 1.40 bits per heavy atom. The van der Waals surface area contributed by atoms with Crippen molar-refractivity contribution in [3.63, 3.8) is 0 Å². The van der Waals surface area contributed by atoms with E-state index in [1.54, 1.807) is 0 Å². The van der Waals surface area contributed by atoms with E-state index in [1.807, 2.05) is 7.11 Å². The minimum Gasteiger partial charge on any atom is -0.378 e. The molecule has 15 heavy (non-hydrogen) atoms. The predicted molar refractivity (Wildman–Crippen MR) is 67.8 cm³/mol. The molecule has 0 amide bonds. The maximum atomic E-state index is 6.44. The molecule has 0 bridgehead atoms. The van der Waals surface area contributed by atoms with Gasteiger partial charge in [0.15, 0.2) is 0 Å². The molecule has 4 rings (SSSR count). The Morgan fingerprint density at radius 3 is 2.67 bits per heavy atom. The summed E-state index contributed by atoms with van der Waals surface area (Å²) in [6, 6.07) is 0. The summed E-state index contributed by atoms with van der Waals surface area (Å²) in [5.74, 6) is 0. The number of halogens is 1. The van der Waals surface area contributed by atoms with Crippen LogP contribution in [0.25, 0.3) is 0 Å². The molecule has 0 aromatic heterocycles. The molecule has 3 heteroatoms. The van der Waals surface area contributed by atoms with Crippen LogP contribution < -0.4 is 0 Å². The average molecular weight is 320 g/mol. The van der Waals surface area contributed by atoms with Crippen molar-refractivity contribution in [1.29, 1.82) is 0 Å². The van der Waals surface area contributed by atoms with Gasteiger partial charge in [-0.1, -0.05) is 4.51 Å². The lowest BCUT2D eigenvalue weighted by Gasteiger charge is -2.16. The molecule has 84 valence electrons. The molecule has 4 unspecified atom stereocenters. The molecule has 1 saturated heterocycles. The van der Waals surface area contributed by atoms with Crippen LogP contribution in [0.15, 0.2) is 0 Å². The maximum Gasteiger partial charge on any atom is 0.0984 e. The normalized spacial score (nSPS) is 57.9. The average Bonchev–Trinajstić information content (AvgIpc) is 3.06. The first kappa shape index (κ1) is 9.54. The molecular formula is C12H17IO2. The summed E-state index contributed by atoms with van der Waals surface area (Å²) in [4.78, 5) is 0. The third-order valence-electron chi connectivity index (χ3n) is 5.04. The first-order valence-electron chi connectivity index (χ1n) is 5.80. The topological polar surface area (TPSA) is 18.5 Å². The Morgan fingerprint density at radius 2 is 2.20 bits per heavy atom. The van der Waals surface area contributed by atoms with Crippen molar-refractivity contribution >= 4 is 25.2 Å². The summed E-state index contributed by atoms with van der Waals surface area (Å²) in [5, 5.41) is 0. The van der Waals surface area contributed by atoms with Gasteiger partial charge in [0.05, 0.1) is 17.3 Å². The highest BCUT2D eigenvalue weighted by molar-refractivity contribution is 14.2. The monoisotopic (exact) mass is 320 g/mol. The first-order chi connectivity index (χ1) is 7.20. The largest absolute Gasteiger partial charge is 0.378 e. The predicted octanol–water partition coefficient (Wildman–Crippen LogP) is 2.26. The van der Waals surface area contributed by atoms with Gasteiger partial charge in [-0.3, -0.25) is 0 Å². The van der Waals surface area contributed by atoms with Gasteiger partial charge in [0.1, 0.15) is 0 Å². The van der Waals surface area contributed by atoms with Crippen LogP contribution in [0, 0.1) is 5.41 Å². The van der Waals surface area contributed by atoms with Crippen LogP contribution in [0.2, 0.25) is 0 Å². The lowest BCUT2D eigenvalue weighted by atomic mass is 9.93. The van der Waals surface area contributed by atoms with Crippen LogP contribution in [0.5, 0.6) is 0 Å². The Labute approximate surface area is 100 Å². The van der Waals surface area contributed by atoms with Crippen molar-refractivity contribution in [1.82, 2.24) is 0 Å². The number of alkyl halides is 1. The summed E-state index contributed by atoms with van der Waals surface area (Å²) < 4.78 is 17.1. The van der Waals surface area contributed by atoms with Crippen LogP contribution >= 0.6 is 20.7 Å². The lowest BCUT2D eigenvalue weighted by molar-refractivity contribution is -0.0312. The highest BCUT2D eigenvalue weighted by atomic mass is 127. The van der Waals surface area contributed by atoms with Gasteiger partial charge in [-0.05, 0) is 25.7 Å². The first-order valence-corrected chi connectivity index (χ1v) is 8.57. The molecule has 3 aliphatic carbocycles. The highest BCUT2D eigenvalue weighted by Gasteiger charge is 2.83. The summed E-state index contributed by atoms with van der Waals surface area (Å²) in [6.07, 6.45) is 6.88. The van der Waals surface area contributed by atoms with E-state index in [9.17, 15) is 0 Å². The van der Waals surface area contributed by atoms with E-state index in [0.29, 0.717) is 17.1 Å². The van der Waals surface area contributed by atoms with Crippen molar-refractivity contribution in [2.75, 3.05) is 7.11 Å². The number of hydrogen-bond donors (Lipinski definition) is 0. The van der Waals surface area contributed by atoms with E-state index in [2.05, 4.69) is 4.51 Å². The van der Waals surface area contributed by atoms with E-state index in [1.165, 1.54) is 25.7 Å². The van der Waals surface area contributed by atoms with Crippen LogP contribution in [0.3, 0.4) is 0 Å². The summed E-state index contributed by atoms with van der Waals surface area (Å²) in [6.45, 7) is 0. The van der Waals surface area contributed by atoms with E-state index < -0.39 is 0 Å². The number of fused-ring (bicyclic) bond motifs is 1. The zero-order chi connectivity index (χ0) is 10.3. The van der Waals surface area contributed by atoms with Crippen molar-refractivity contribution < 1.29 is 9.47 Å². The summed E-state index contributed by atoms with van der Waals surface area (Å²) in [7, 11) is 1.83. The van der Waals surface area contributed by atoms with Crippen LogP contribution in [0.1, 0.15) is 32.1 Å². The number of rotatable bonds is 2. The molecule has 2 nitrogen and oxygen atoms in total. The molecule has 0 N–H and O–H groups in total. The van der Waals surface area contributed by atoms with Crippen molar-refractivity contribution in [3.05, 3.63) is 0 Å². The maximum absolute atomic E-state index is 6.44. The second-order valence-corrected chi connectivity index (χ2v) is 8.13. The molecule has 0 aromatic carbocycles. The minimum absolute atomic E-state index is 0.152. The van der Waals surface area contributed by atoms with Crippen LogP contribution in [-0.4, -0.2) is 32.9 Å². The van der Waals surface area contributed by atoms with Gasteiger partial charge in [0.25, 0.3) is 0 Å². The third-order valence-corrected chi connectivity index (χ3v) is 7.73. The Balaban J connectivity index is 1.65. The van der Waals surface area contributed by atoms with Gasteiger partial charge in [-0.25, -0.2) is 0 Å². The van der Waals surface area contributed by atoms with Gasteiger partial charge in [-0.15, -0.1) is 20.7 Å². The summed E-state index contributed by atoms with van der Waals surface area (Å²) >= 11 is 0.173. The van der Waals surface area contributed by atoms with Gasteiger partial charge in [0.2, 0.25) is 0 Å². The lowest BCUT2D eigenvalue weighted by Crippen LogP contribution is -2.21. The van der Waals surface area contributed by atoms with Gasteiger partial charge >= 0.3 is 0 Å². The zero-order valence-electron chi connectivity index (χ0n) is 9.09. The molecule has 4 aliphatic rings. The SMILES string of the molecule is C=IC1CC12CC1(CC1OC)OC21CC1. The second kappa shape index (κ2) is 2.51. The summed E-state index contributed by atoms with van der Waals surface area (Å²) in [5.41, 5.74) is 1.04. The molecule has 1 aliphatic heterocycles. The van der Waals surface area contributed by atoms with E-state index in [-0.39, 0.29) is 26.3 Å². The number of ether oxygens (including phenoxy) is 2. The number of methoxy groups -OCH3 is 1. The standard InChI is InChI=1S/C12H17IO2/c1-13-8-5-10(8)7-11(6-9(11)14-2)15-12(10)3-4-12/h8-9H,1,3-7H2,2H3. The number of hydrogen-bond acceptors (Lipinski definition) is 2. The van der Waals surface area contributed by atoms with E-state index in [4.69, 9.17) is 9.47 Å². The Bertz CT molecular complexity index is 352. The van der Waals surface area contributed by atoms with Crippen LogP contribution in [0.4, 0.5) is 0 Å². The van der Waals surface area contributed by atoms with Gasteiger partial charge in [0, 0.05) is 22.9 Å². The third kappa shape index (κ3) is 0.967. The van der Waals surface area contributed by atoms with Crippen molar-refractivity contribution in [2.24, 2.45) is 5.41 Å². The van der Waals surface area contributed by atoms with E-state index >= 15 is 0 Å². The molecule has 0 aromatic rings. The van der Waals surface area contributed by atoms with Crippen molar-refractivity contribution in [3.8, 4) is 0 Å². The van der Waals surface area contributed by atoms with Crippen molar-refractivity contribution in [2.45, 2.75) is 53.3 Å². The Kier molecular flexibility index (Phi) is 1.60. The quantitative estimate of drug-likeness (QED) is 0.574. The molecular weight excluding hydrogens is 303 g/mol. The molecule has 3 saturated carbocycles. The second-order valence-electron chi connectivity index (χ2n) is 5.75. The zero-order valence-corrected chi connectivity index (χ0v) is 11.2. The molecule has 3 spiro atoms. The fourth-order valence-electron chi connectivity index (χ4n) is 3.90. The van der Waals surface area contributed by atoms with E-state index in [0.717, 1.165) is 10.3 Å². The smallest absolute Gasteiger partial charge is 0.0984 e. The fraction of sp³-hybridized carbons (Fsp3) is 0.917. The minimum atomic E-state index is 0.152. The van der Waals surface area contributed by atoms with Gasteiger partial charge < -0.3 is 9.47 Å². The molecule has 4 atom stereocenters. The fourth-order valence-corrected chi connectivity index (χ4v) is 6.63.